The third kappa shape index (κ3) is 4.02. The third-order valence-corrected chi connectivity index (χ3v) is 3.97. The number of aryl methyl sites for hydroxylation is 1. The molecule has 1 heterocycles. The lowest BCUT2D eigenvalue weighted by Gasteiger charge is -2.27. The number of rotatable bonds is 4. The van der Waals surface area contributed by atoms with Crippen molar-refractivity contribution >= 4 is 5.69 Å². The lowest BCUT2D eigenvalue weighted by molar-refractivity contribution is 0.222. The number of benzene rings is 1. The van der Waals surface area contributed by atoms with E-state index in [1.807, 2.05) is 0 Å². The van der Waals surface area contributed by atoms with E-state index in [0.29, 0.717) is 0 Å². The predicted octanol–water partition coefficient (Wildman–Crippen LogP) is 3.67. The first kappa shape index (κ1) is 13.4. The van der Waals surface area contributed by atoms with E-state index in [1.54, 1.807) is 0 Å². The van der Waals surface area contributed by atoms with Crippen molar-refractivity contribution in [1.29, 1.82) is 0 Å². The van der Waals surface area contributed by atoms with Gasteiger partial charge in [0.05, 0.1) is 0 Å². The SMILES string of the molecule is Cc1ccc(NCCN2CCCCCC2C)cc1. The van der Waals surface area contributed by atoms with Crippen LogP contribution in [-0.2, 0) is 0 Å². The fraction of sp³-hybridized carbons (Fsp3) is 0.625. The summed E-state index contributed by atoms with van der Waals surface area (Å²) in [6.45, 7) is 7.99. The van der Waals surface area contributed by atoms with Crippen LogP contribution in [0.4, 0.5) is 5.69 Å². The molecule has 0 saturated carbocycles. The Balaban J connectivity index is 1.75. The molecule has 100 valence electrons. The van der Waals surface area contributed by atoms with Gasteiger partial charge in [0.15, 0.2) is 0 Å². The molecule has 1 N–H and O–H groups in total. The lowest BCUT2D eigenvalue weighted by atomic mass is 10.1. The van der Waals surface area contributed by atoms with E-state index >= 15 is 0 Å². The van der Waals surface area contributed by atoms with Crippen LogP contribution in [0, 0.1) is 6.92 Å². The van der Waals surface area contributed by atoms with Crippen molar-refractivity contribution in [3.8, 4) is 0 Å². The number of hydrogen-bond donors (Lipinski definition) is 1. The molecule has 2 nitrogen and oxygen atoms in total. The van der Waals surface area contributed by atoms with Gasteiger partial charge in [-0.05, 0) is 45.4 Å². The lowest BCUT2D eigenvalue weighted by Crippen LogP contribution is -2.36. The maximum absolute atomic E-state index is 3.52. The summed E-state index contributed by atoms with van der Waals surface area (Å²) in [5.41, 5.74) is 2.56. The molecule has 1 atom stereocenters. The Bertz CT molecular complexity index is 345. The Labute approximate surface area is 111 Å². The molecular formula is C16H26N2. The molecule has 0 radical (unpaired) electrons. The van der Waals surface area contributed by atoms with Gasteiger partial charge < -0.3 is 5.32 Å². The summed E-state index contributed by atoms with van der Waals surface area (Å²) in [4.78, 5) is 2.63. The zero-order valence-electron chi connectivity index (χ0n) is 11.8. The van der Waals surface area contributed by atoms with E-state index in [-0.39, 0.29) is 0 Å². The molecule has 0 aromatic heterocycles. The van der Waals surface area contributed by atoms with E-state index in [2.05, 4.69) is 48.3 Å². The van der Waals surface area contributed by atoms with Gasteiger partial charge in [0.1, 0.15) is 0 Å². The maximum atomic E-state index is 3.52. The molecule has 1 aromatic rings. The summed E-state index contributed by atoms with van der Waals surface area (Å²) in [7, 11) is 0. The second-order valence-electron chi connectivity index (χ2n) is 5.53. The Morgan fingerprint density at radius 1 is 1.17 bits per heavy atom. The zero-order chi connectivity index (χ0) is 12.8. The largest absolute Gasteiger partial charge is 0.384 e. The predicted molar refractivity (Wildman–Crippen MR) is 79.2 cm³/mol. The normalized spacial score (nSPS) is 21.6. The first-order chi connectivity index (χ1) is 8.75. The quantitative estimate of drug-likeness (QED) is 0.872. The van der Waals surface area contributed by atoms with Gasteiger partial charge in [-0.15, -0.1) is 0 Å². The van der Waals surface area contributed by atoms with Crippen LogP contribution in [0.15, 0.2) is 24.3 Å². The molecule has 2 heteroatoms. The van der Waals surface area contributed by atoms with Crippen LogP contribution in [0.2, 0.25) is 0 Å². The number of hydrogen-bond acceptors (Lipinski definition) is 2. The van der Waals surface area contributed by atoms with E-state index in [9.17, 15) is 0 Å². The second kappa shape index (κ2) is 6.79. The van der Waals surface area contributed by atoms with E-state index in [4.69, 9.17) is 0 Å². The highest BCUT2D eigenvalue weighted by Gasteiger charge is 2.15. The van der Waals surface area contributed by atoms with Crippen molar-refractivity contribution in [2.24, 2.45) is 0 Å². The number of likely N-dealkylation sites (tertiary alicyclic amines) is 1. The molecule has 1 aromatic carbocycles. The van der Waals surface area contributed by atoms with Crippen LogP contribution in [0.5, 0.6) is 0 Å². The van der Waals surface area contributed by atoms with Crippen molar-refractivity contribution in [3.63, 3.8) is 0 Å². The average molecular weight is 246 g/mol. The van der Waals surface area contributed by atoms with E-state index in [0.717, 1.165) is 19.1 Å². The first-order valence-corrected chi connectivity index (χ1v) is 7.30. The Kier molecular flexibility index (Phi) is 5.06. The molecule has 1 saturated heterocycles. The van der Waals surface area contributed by atoms with Gasteiger partial charge >= 0.3 is 0 Å². The Morgan fingerprint density at radius 3 is 2.72 bits per heavy atom. The van der Waals surface area contributed by atoms with Gasteiger partial charge in [0, 0.05) is 24.8 Å². The molecule has 18 heavy (non-hydrogen) atoms. The standard InChI is InChI=1S/C16H26N2/c1-14-7-9-16(10-8-14)17-11-13-18-12-5-3-4-6-15(18)2/h7-10,15,17H,3-6,11-13H2,1-2H3. The van der Waals surface area contributed by atoms with Crippen molar-refractivity contribution < 1.29 is 0 Å². The van der Waals surface area contributed by atoms with Crippen LogP contribution in [0.25, 0.3) is 0 Å². The van der Waals surface area contributed by atoms with Crippen molar-refractivity contribution in [2.75, 3.05) is 25.0 Å². The molecule has 0 bridgehead atoms. The maximum Gasteiger partial charge on any atom is 0.0340 e. The molecule has 1 aliphatic heterocycles. The molecular weight excluding hydrogens is 220 g/mol. The van der Waals surface area contributed by atoms with Crippen LogP contribution in [0.3, 0.4) is 0 Å². The minimum Gasteiger partial charge on any atom is -0.384 e. The van der Waals surface area contributed by atoms with Gasteiger partial charge in [0.25, 0.3) is 0 Å². The van der Waals surface area contributed by atoms with Crippen molar-refractivity contribution in [3.05, 3.63) is 29.8 Å². The highest BCUT2D eigenvalue weighted by atomic mass is 15.2. The minimum atomic E-state index is 0.757. The van der Waals surface area contributed by atoms with Gasteiger partial charge in [-0.25, -0.2) is 0 Å². The molecule has 0 aliphatic carbocycles. The number of anilines is 1. The summed E-state index contributed by atoms with van der Waals surface area (Å²) in [5, 5.41) is 3.52. The van der Waals surface area contributed by atoms with Gasteiger partial charge in [-0.1, -0.05) is 30.5 Å². The zero-order valence-corrected chi connectivity index (χ0v) is 11.8. The van der Waals surface area contributed by atoms with Crippen LogP contribution in [-0.4, -0.2) is 30.6 Å². The van der Waals surface area contributed by atoms with Crippen molar-refractivity contribution in [2.45, 2.75) is 45.6 Å². The van der Waals surface area contributed by atoms with E-state index in [1.165, 1.54) is 43.5 Å². The van der Waals surface area contributed by atoms with Gasteiger partial charge in [0.2, 0.25) is 0 Å². The summed E-state index contributed by atoms with van der Waals surface area (Å²) in [6.07, 6.45) is 5.55. The van der Waals surface area contributed by atoms with Crippen LogP contribution in [0.1, 0.15) is 38.2 Å². The smallest absolute Gasteiger partial charge is 0.0340 e. The van der Waals surface area contributed by atoms with Gasteiger partial charge in [-0.2, -0.15) is 0 Å². The van der Waals surface area contributed by atoms with E-state index < -0.39 is 0 Å². The fourth-order valence-corrected chi connectivity index (χ4v) is 2.68. The molecule has 1 aliphatic rings. The molecule has 0 amide bonds. The summed E-state index contributed by atoms with van der Waals surface area (Å²) in [6, 6.07) is 9.42. The highest BCUT2D eigenvalue weighted by molar-refractivity contribution is 5.44. The third-order valence-electron chi connectivity index (χ3n) is 3.97. The number of nitrogens with zero attached hydrogens (tertiary/aromatic N) is 1. The minimum absolute atomic E-state index is 0.757. The summed E-state index contributed by atoms with van der Waals surface area (Å²) >= 11 is 0. The van der Waals surface area contributed by atoms with Gasteiger partial charge in [-0.3, -0.25) is 4.90 Å². The Morgan fingerprint density at radius 2 is 1.94 bits per heavy atom. The second-order valence-corrected chi connectivity index (χ2v) is 5.53. The van der Waals surface area contributed by atoms with Crippen LogP contribution < -0.4 is 5.32 Å². The average Bonchev–Trinajstić information content (AvgIpc) is 2.57. The molecule has 1 unspecified atom stereocenters. The molecule has 0 spiro atoms. The number of nitrogens with one attached hydrogen (secondary N) is 1. The monoisotopic (exact) mass is 246 g/mol. The molecule has 1 fully saturated rings. The first-order valence-electron chi connectivity index (χ1n) is 7.30. The highest BCUT2D eigenvalue weighted by Crippen LogP contribution is 2.16. The topological polar surface area (TPSA) is 15.3 Å². The summed E-state index contributed by atoms with van der Waals surface area (Å²) < 4.78 is 0. The molecule has 2 rings (SSSR count). The van der Waals surface area contributed by atoms with Crippen molar-refractivity contribution in [1.82, 2.24) is 4.90 Å². The van der Waals surface area contributed by atoms with Crippen LogP contribution >= 0.6 is 0 Å². The Hall–Kier alpha value is -1.02. The summed E-state index contributed by atoms with van der Waals surface area (Å²) in [5.74, 6) is 0. The fourth-order valence-electron chi connectivity index (χ4n) is 2.68.